The van der Waals surface area contributed by atoms with E-state index in [1.165, 1.54) is 11.8 Å². The Labute approximate surface area is 165 Å². The molecule has 0 fully saturated rings. The van der Waals surface area contributed by atoms with Crippen LogP contribution in [0.25, 0.3) is 29.1 Å². The number of aromatic amines is 1. The average molecular weight is 393 g/mol. The first kappa shape index (κ1) is 17.9. The zero-order valence-corrected chi connectivity index (χ0v) is 15.8. The van der Waals surface area contributed by atoms with Crippen molar-refractivity contribution < 1.29 is 9.84 Å². The number of phenols is 1. The number of rotatable bonds is 3. The second-order valence-electron chi connectivity index (χ2n) is 6.37. The van der Waals surface area contributed by atoms with E-state index in [1.54, 1.807) is 18.2 Å². The van der Waals surface area contributed by atoms with E-state index in [0.29, 0.717) is 16.1 Å². The Kier molecular flexibility index (Phi) is 4.45. The summed E-state index contributed by atoms with van der Waals surface area (Å²) in [6.45, 7) is 3.95. The van der Waals surface area contributed by atoms with Gasteiger partial charge in [-0.25, -0.2) is 4.68 Å². The van der Waals surface area contributed by atoms with Crippen molar-refractivity contribution in [3.63, 3.8) is 0 Å². The van der Waals surface area contributed by atoms with Crippen molar-refractivity contribution in [2.45, 2.75) is 0 Å². The van der Waals surface area contributed by atoms with Gasteiger partial charge >= 0.3 is 0 Å². The molecule has 28 heavy (non-hydrogen) atoms. The zero-order valence-electron chi connectivity index (χ0n) is 15.1. The lowest BCUT2D eigenvalue weighted by Gasteiger charge is -2.06. The second-order valence-corrected chi connectivity index (χ2v) is 6.78. The first-order valence-electron chi connectivity index (χ1n) is 8.55. The lowest BCUT2D eigenvalue weighted by Crippen LogP contribution is -2.33. The van der Waals surface area contributed by atoms with E-state index in [4.69, 9.17) is 16.3 Å². The molecule has 0 aliphatic rings. The van der Waals surface area contributed by atoms with Crippen LogP contribution in [0.15, 0.2) is 59.4 Å². The molecule has 1 heterocycles. The minimum Gasteiger partial charge on any atom is -0.503 e. The van der Waals surface area contributed by atoms with Gasteiger partial charge in [0.05, 0.1) is 28.4 Å². The van der Waals surface area contributed by atoms with Crippen LogP contribution < -0.4 is 20.9 Å². The standard InChI is InChI=1S/C22H17ClN2O3/c1-13-18(9-14-10-19(23)21(26)20(11-14)28-2)22(27)25(24-13)17-8-7-15-5-3-4-6-16(15)12-17/h3-12,24,26H,1H2,2H3/b18-9-. The lowest BCUT2D eigenvalue weighted by atomic mass is 10.1. The summed E-state index contributed by atoms with van der Waals surface area (Å²) in [5, 5.41) is 16.0. The Morgan fingerprint density at radius 2 is 1.89 bits per heavy atom. The van der Waals surface area contributed by atoms with Crippen molar-refractivity contribution >= 4 is 35.0 Å². The van der Waals surface area contributed by atoms with E-state index < -0.39 is 0 Å². The van der Waals surface area contributed by atoms with Crippen LogP contribution in [0, 0.1) is 0 Å². The van der Waals surface area contributed by atoms with Gasteiger partial charge in [0.15, 0.2) is 11.5 Å². The Balaban J connectivity index is 1.88. The fourth-order valence-corrected chi connectivity index (χ4v) is 3.36. The van der Waals surface area contributed by atoms with Gasteiger partial charge in [-0.2, -0.15) is 0 Å². The quantitative estimate of drug-likeness (QED) is 0.563. The molecular weight excluding hydrogens is 376 g/mol. The number of H-pyrrole nitrogens is 1. The molecule has 0 atom stereocenters. The van der Waals surface area contributed by atoms with Gasteiger partial charge in [-0.1, -0.05) is 48.5 Å². The van der Waals surface area contributed by atoms with Crippen LogP contribution in [0.2, 0.25) is 5.02 Å². The van der Waals surface area contributed by atoms with Crippen molar-refractivity contribution in [1.82, 2.24) is 9.78 Å². The van der Waals surface area contributed by atoms with Crippen molar-refractivity contribution in [3.8, 4) is 17.2 Å². The second kappa shape index (κ2) is 6.94. The number of benzene rings is 3. The number of hydrogen-bond acceptors (Lipinski definition) is 3. The Hall–Kier alpha value is -3.44. The summed E-state index contributed by atoms with van der Waals surface area (Å²) in [7, 11) is 1.44. The van der Waals surface area contributed by atoms with E-state index >= 15 is 0 Å². The Morgan fingerprint density at radius 1 is 1.14 bits per heavy atom. The number of aromatic hydroxyl groups is 1. The first-order chi connectivity index (χ1) is 13.5. The first-order valence-corrected chi connectivity index (χ1v) is 8.93. The van der Waals surface area contributed by atoms with Gasteiger partial charge in [-0.3, -0.25) is 9.89 Å². The smallest absolute Gasteiger partial charge is 0.279 e. The van der Waals surface area contributed by atoms with Gasteiger partial charge in [0.2, 0.25) is 0 Å². The van der Waals surface area contributed by atoms with Crippen LogP contribution in [-0.4, -0.2) is 22.0 Å². The number of methoxy groups -OCH3 is 1. The topological polar surface area (TPSA) is 67.2 Å². The molecule has 5 nitrogen and oxygen atoms in total. The largest absolute Gasteiger partial charge is 0.503 e. The van der Waals surface area contributed by atoms with Gasteiger partial charge in [0.25, 0.3) is 5.56 Å². The molecule has 2 N–H and O–H groups in total. The van der Waals surface area contributed by atoms with Crippen LogP contribution in [0.4, 0.5) is 0 Å². The zero-order chi connectivity index (χ0) is 19.8. The number of nitrogens with one attached hydrogen (secondary N) is 1. The fraction of sp³-hybridized carbons (Fsp3) is 0.0455. The lowest BCUT2D eigenvalue weighted by molar-refractivity contribution is 0.373. The van der Waals surface area contributed by atoms with Crippen LogP contribution in [0.3, 0.4) is 0 Å². The molecule has 0 saturated carbocycles. The van der Waals surface area contributed by atoms with E-state index in [0.717, 1.165) is 16.5 Å². The third-order valence-electron chi connectivity index (χ3n) is 4.58. The molecule has 0 unspecified atom stereocenters. The summed E-state index contributed by atoms with van der Waals surface area (Å²) in [4.78, 5) is 13.0. The predicted molar refractivity (Wildman–Crippen MR) is 112 cm³/mol. The van der Waals surface area contributed by atoms with Gasteiger partial charge in [-0.05, 0) is 46.7 Å². The molecule has 6 heteroatoms. The van der Waals surface area contributed by atoms with Crippen molar-refractivity contribution in [3.05, 3.63) is 86.1 Å². The molecule has 0 aliphatic carbocycles. The molecule has 140 valence electrons. The number of nitrogens with zero attached hydrogens (tertiary/aromatic N) is 1. The third kappa shape index (κ3) is 3.06. The third-order valence-corrected chi connectivity index (χ3v) is 4.87. The van der Waals surface area contributed by atoms with E-state index in [2.05, 4.69) is 11.7 Å². The molecule has 0 saturated heterocycles. The monoisotopic (exact) mass is 392 g/mol. The minimum absolute atomic E-state index is 0.140. The Bertz CT molecular complexity index is 1370. The summed E-state index contributed by atoms with van der Waals surface area (Å²) in [6.07, 6.45) is 1.66. The normalized spacial score (nSPS) is 11.9. The SMILES string of the molecule is C=c1[nH]n(-c2ccc3ccccc3c2)c(=O)/c1=C\c1cc(Cl)c(O)c(OC)c1. The highest BCUT2D eigenvalue weighted by molar-refractivity contribution is 6.32. The van der Waals surface area contributed by atoms with Crippen LogP contribution in [-0.2, 0) is 0 Å². The Morgan fingerprint density at radius 3 is 2.64 bits per heavy atom. The summed E-state index contributed by atoms with van der Waals surface area (Å²) >= 11 is 6.04. The molecule has 4 aromatic rings. The highest BCUT2D eigenvalue weighted by Gasteiger charge is 2.10. The van der Waals surface area contributed by atoms with Gasteiger partial charge in [-0.15, -0.1) is 0 Å². The van der Waals surface area contributed by atoms with E-state index in [9.17, 15) is 9.90 Å². The molecule has 1 aromatic heterocycles. The number of hydrogen-bond donors (Lipinski definition) is 2. The van der Waals surface area contributed by atoms with Crippen LogP contribution >= 0.6 is 11.6 Å². The molecular formula is C22H17ClN2O3. The number of phenolic OH excluding ortho intramolecular Hbond substituents is 1. The molecule has 0 amide bonds. The average Bonchev–Trinajstić information content (AvgIpc) is 2.98. The summed E-state index contributed by atoms with van der Waals surface area (Å²) < 4.78 is 6.58. The molecule has 0 spiro atoms. The number of aromatic nitrogens is 2. The van der Waals surface area contributed by atoms with Gasteiger partial charge in [0, 0.05) is 0 Å². The van der Waals surface area contributed by atoms with Crippen LogP contribution in [0.5, 0.6) is 11.5 Å². The van der Waals surface area contributed by atoms with Gasteiger partial charge < -0.3 is 9.84 Å². The number of halogens is 1. The van der Waals surface area contributed by atoms with E-state index in [-0.39, 0.29) is 22.1 Å². The van der Waals surface area contributed by atoms with Crippen molar-refractivity contribution in [2.24, 2.45) is 0 Å². The fourth-order valence-electron chi connectivity index (χ4n) is 3.14. The van der Waals surface area contributed by atoms with Crippen molar-refractivity contribution in [2.75, 3.05) is 7.11 Å². The molecule has 4 rings (SSSR count). The highest BCUT2D eigenvalue weighted by atomic mass is 35.5. The number of ether oxygens (including phenoxy) is 1. The van der Waals surface area contributed by atoms with E-state index in [1.807, 2.05) is 42.5 Å². The molecule has 0 aliphatic heterocycles. The molecule has 0 bridgehead atoms. The minimum atomic E-state index is -0.233. The summed E-state index contributed by atoms with van der Waals surface area (Å²) in [5.74, 6) is 0.0913. The highest BCUT2D eigenvalue weighted by Crippen LogP contribution is 2.34. The maximum atomic E-state index is 13.0. The van der Waals surface area contributed by atoms with Gasteiger partial charge in [0.1, 0.15) is 0 Å². The summed E-state index contributed by atoms with van der Waals surface area (Å²) in [6, 6.07) is 16.9. The maximum absolute atomic E-state index is 13.0. The van der Waals surface area contributed by atoms with Crippen molar-refractivity contribution in [1.29, 1.82) is 0 Å². The predicted octanol–water partition coefficient (Wildman–Crippen LogP) is 2.93. The maximum Gasteiger partial charge on any atom is 0.279 e. The number of fused-ring (bicyclic) bond motifs is 1. The molecule has 3 aromatic carbocycles. The molecule has 0 radical (unpaired) electrons. The van der Waals surface area contributed by atoms with Crippen LogP contribution in [0.1, 0.15) is 5.56 Å². The summed E-state index contributed by atoms with van der Waals surface area (Å²) in [5.41, 5.74) is 1.10.